The number of carbonyl (C=O) groups excluding carboxylic acids is 1. The van der Waals surface area contributed by atoms with Gasteiger partial charge in [0.2, 0.25) is 5.91 Å². The number of nitrogens with zero attached hydrogens (tertiary/aromatic N) is 1. The van der Waals surface area contributed by atoms with Gasteiger partial charge in [0.15, 0.2) is 0 Å². The maximum atomic E-state index is 14.2. The number of aromatic nitrogens is 1. The van der Waals surface area contributed by atoms with Crippen LogP contribution in [0.1, 0.15) is 70.6 Å². The third-order valence-corrected chi connectivity index (χ3v) is 10.8. The molecule has 2 N–H and O–H groups in total. The van der Waals surface area contributed by atoms with E-state index in [9.17, 15) is 18.0 Å². The number of oxazole rings is 1. The molecule has 1 aromatic rings. The first-order valence-corrected chi connectivity index (χ1v) is 15.4. The molecule has 0 spiro atoms. The van der Waals surface area contributed by atoms with Crippen molar-refractivity contribution in [2.75, 3.05) is 0 Å². The van der Waals surface area contributed by atoms with Crippen molar-refractivity contribution in [1.29, 1.82) is 5.41 Å². The summed E-state index contributed by atoms with van der Waals surface area (Å²) in [6, 6.07) is 0.0710. The summed E-state index contributed by atoms with van der Waals surface area (Å²) in [4.78, 5) is 13.8. The van der Waals surface area contributed by atoms with Crippen LogP contribution >= 0.6 is 23.2 Å². The van der Waals surface area contributed by atoms with E-state index in [4.69, 9.17) is 37.8 Å². The average molecular weight is 595 g/mol. The Bertz CT molecular complexity index is 1020. The van der Waals surface area contributed by atoms with E-state index in [2.05, 4.69) is 5.32 Å². The van der Waals surface area contributed by atoms with Crippen LogP contribution in [0.4, 0.5) is 13.2 Å². The normalized spacial score (nSPS) is 38.5. The van der Waals surface area contributed by atoms with Crippen LogP contribution in [0.2, 0.25) is 0 Å². The molecule has 0 aliphatic heterocycles. The number of ether oxygens (including phenoxy) is 1. The van der Waals surface area contributed by atoms with E-state index < -0.39 is 18.9 Å². The predicted molar refractivity (Wildman–Crippen MR) is 141 cm³/mol. The molecule has 39 heavy (non-hydrogen) atoms. The van der Waals surface area contributed by atoms with Crippen molar-refractivity contribution in [2.45, 2.75) is 113 Å². The topological polar surface area (TPSA) is 80.2 Å². The number of halogens is 5. The highest BCUT2D eigenvalue weighted by Crippen LogP contribution is 2.46. The van der Waals surface area contributed by atoms with E-state index in [1.165, 1.54) is 6.26 Å². The Hall–Kier alpha value is -1.19. The summed E-state index contributed by atoms with van der Waals surface area (Å²) in [6.07, 6.45) is 8.60. The summed E-state index contributed by atoms with van der Waals surface area (Å²) in [5.41, 5.74) is 0.0364. The first kappa shape index (κ1) is 29.3. The molecular formula is C28H40Cl2F3N3O3. The maximum absolute atomic E-state index is 14.2. The first-order chi connectivity index (χ1) is 18.7. The van der Waals surface area contributed by atoms with Gasteiger partial charge in [0, 0.05) is 36.5 Å². The Kier molecular flexibility index (Phi) is 9.59. The summed E-state index contributed by atoms with van der Waals surface area (Å²) in [5.74, 6) is 0.253. The highest BCUT2D eigenvalue weighted by atomic mass is 35.5. The zero-order valence-electron chi connectivity index (χ0n) is 22.1. The quantitative estimate of drug-likeness (QED) is 0.332. The molecule has 4 saturated carbocycles. The predicted octanol–water partition coefficient (Wildman–Crippen LogP) is 6.25. The van der Waals surface area contributed by atoms with Crippen molar-refractivity contribution in [3.05, 3.63) is 18.1 Å². The molecule has 1 aromatic heterocycles. The molecule has 1 amide bonds. The van der Waals surface area contributed by atoms with E-state index in [1.807, 2.05) is 0 Å². The van der Waals surface area contributed by atoms with Crippen molar-refractivity contribution in [3.63, 3.8) is 0 Å². The second kappa shape index (κ2) is 12.8. The lowest BCUT2D eigenvalue weighted by atomic mass is 9.65. The molecule has 4 aliphatic rings. The third-order valence-electron chi connectivity index (χ3n) is 9.69. The SMILES string of the molecule is N=c1occn1CC1CC(C(=O)N[C@@H](C2CC2)C2CCC(Cl)C(Cl)C2)CC(C2CCC(F)CC2OC(F)F)C1. The van der Waals surface area contributed by atoms with Crippen LogP contribution in [0.25, 0.3) is 0 Å². The minimum absolute atomic E-state index is 0.00881. The lowest BCUT2D eigenvalue weighted by Crippen LogP contribution is -2.49. The van der Waals surface area contributed by atoms with E-state index in [1.54, 1.807) is 10.8 Å². The Labute approximate surface area is 237 Å². The number of carbonyl (C=O) groups is 1. The fourth-order valence-electron chi connectivity index (χ4n) is 7.65. The highest BCUT2D eigenvalue weighted by Gasteiger charge is 2.45. The van der Waals surface area contributed by atoms with Gasteiger partial charge in [-0.2, -0.15) is 8.78 Å². The van der Waals surface area contributed by atoms with Crippen molar-refractivity contribution >= 4 is 29.1 Å². The van der Waals surface area contributed by atoms with E-state index in [-0.39, 0.29) is 58.5 Å². The molecule has 4 fully saturated rings. The summed E-state index contributed by atoms with van der Waals surface area (Å²) in [5, 5.41) is 11.3. The number of alkyl halides is 5. The molecule has 0 saturated heterocycles. The largest absolute Gasteiger partial charge is 0.432 e. The molecule has 9 unspecified atom stereocenters. The number of hydrogen-bond acceptors (Lipinski definition) is 4. The van der Waals surface area contributed by atoms with Gasteiger partial charge < -0.3 is 14.5 Å². The molecule has 0 aromatic carbocycles. The summed E-state index contributed by atoms with van der Waals surface area (Å²) in [7, 11) is 0. The molecule has 1 heterocycles. The van der Waals surface area contributed by atoms with Crippen LogP contribution in [0.5, 0.6) is 0 Å². The summed E-state index contributed by atoms with van der Waals surface area (Å²) in [6.45, 7) is -2.45. The Morgan fingerprint density at radius 1 is 1.05 bits per heavy atom. The van der Waals surface area contributed by atoms with Crippen LogP contribution in [-0.2, 0) is 16.1 Å². The molecular weight excluding hydrogens is 554 g/mol. The number of rotatable bonds is 9. The monoisotopic (exact) mass is 593 g/mol. The van der Waals surface area contributed by atoms with Crippen LogP contribution < -0.4 is 11.0 Å². The maximum Gasteiger partial charge on any atom is 0.345 e. The van der Waals surface area contributed by atoms with Crippen LogP contribution in [0.15, 0.2) is 16.9 Å². The van der Waals surface area contributed by atoms with Gasteiger partial charge in [0.1, 0.15) is 12.4 Å². The van der Waals surface area contributed by atoms with Crippen molar-refractivity contribution < 1.29 is 27.1 Å². The van der Waals surface area contributed by atoms with Gasteiger partial charge >= 0.3 is 6.61 Å². The molecule has 4 aliphatic carbocycles. The first-order valence-electron chi connectivity index (χ1n) is 14.5. The van der Waals surface area contributed by atoms with Crippen molar-refractivity contribution in [2.24, 2.45) is 35.5 Å². The molecule has 220 valence electrons. The van der Waals surface area contributed by atoms with Crippen LogP contribution in [0, 0.1) is 40.9 Å². The van der Waals surface area contributed by atoms with Gasteiger partial charge in [0.05, 0.1) is 11.5 Å². The van der Waals surface area contributed by atoms with Gasteiger partial charge in [0.25, 0.3) is 5.68 Å². The number of amides is 1. The summed E-state index contributed by atoms with van der Waals surface area (Å²) >= 11 is 12.9. The zero-order chi connectivity index (χ0) is 27.7. The zero-order valence-corrected chi connectivity index (χ0v) is 23.6. The Balaban J connectivity index is 1.32. The smallest absolute Gasteiger partial charge is 0.345 e. The van der Waals surface area contributed by atoms with Crippen molar-refractivity contribution in [3.8, 4) is 0 Å². The fourth-order valence-corrected chi connectivity index (χ4v) is 8.23. The van der Waals surface area contributed by atoms with Gasteiger partial charge in [-0.25, -0.2) is 4.39 Å². The Morgan fingerprint density at radius 3 is 2.49 bits per heavy atom. The lowest BCUT2D eigenvalue weighted by Gasteiger charge is -2.44. The van der Waals surface area contributed by atoms with Crippen LogP contribution in [0.3, 0.4) is 0 Å². The van der Waals surface area contributed by atoms with Crippen LogP contribution in [-0.4, -0.2) is 46.2 Å². The van der Waals surface area contributed by atoms with E-state index in [0.717, 1.165) is 32.1 Å². The Morgan fingerprint density at radius 2 is 1.82 bits per heavy atom. The van der Waals surface area contributed by atoms with Gasteiger partial charge in [-0.15, -0.1) is 23.2 Å². The number of nitrogens with one attached hydrogen (secondary N) is 2. The molecule has 11 heteroatoms. The molecule has 0 bridgehead atoms. The highest BCUT2D eigenvalue weighted by molar-refractivity contribution is 6.30. The van der Waals surface area contributed by atoms with Crippen molar-refractivity contribution in [1.82, 2.24) is 9.88 Å². The summed E-state index contributed by atoms with van der Waals surface area (Å²) < 4.78 is 52.5. The fraction of sp³-hybridized carbons (Fsp3) is 0.857. The van der Waals surface area contributed by atoms with E-state index >= 15 is 0 Å². The second-order valence-electron chi connectivity index (χ2n) is 12.4. The molecule has 0 radical (unpaired) electrons. The second-order valence-corrected chi connectivity index (χ2v) is 13.5. The minimum Gasteiger partial charge on any atom is -0.432 e. The number of hydrogen-bond donors (Lipinski definition) is 2. The van der Waals surface area contributed by atoms with Gasteiger partial charge in [-0.1, -0.05) is 0 Å². The standard InChI is InChI=1S/C28H40Cl2F3N3O3/c29-22-6-3-17(12-23(22)30)25(16-1-2-16)35-26(37)19-10-15(14-36-7-8-38-28(36)34)9-18(11-19)21-5-4-20(31)13-24(21)39-27(32)33/h7-8,15-25,27,34H,1-6,9-14H2,(H,35,37)/t15?,17?,18?,19?,20?,21?,22?,23?,24?,25-/m0/s1. The molecule has 10 atom stereocenters. The van der Waals surface area contributed by atoms with Gasteiger partial charge in [-0.3, -0.25) is 14.8 Å². The average Bonchev–Trinajstić information content (AvgIpc) is 3.65. The lowest BCUT2D eigenvalue weighted by molar-refractivity contribution is -0.196. The van der Waals surface area contributed by atoms with E-state index in [0.29, 0.717) is 50.5 Å². The van der Waals surface area contributed by atoms with Gasteiger partial charge in [-0.05, 0) is 93.8 Å². The molecule has 6 nitrogen and oxygen atoms in total. The minimum atomic E-state index is -2.96. The third kappa shape index (κ3) is 7.37. The molecule has 5 rings (SSSR count).